The van der Waals surface area contributed by atoms with Crippen molar-refractivity contribution < 1.29 is 14.3 Å². The van der Waals surface area contributed by atoms with Crippen LogP contribution in [0.4, 0.5) is 11.4 Å². The van der Waals surface area contributed by atoms with Crippen molar-refractivity contribution in [2.24, 2.45) is 0 Å². The summed E-state index contributed by atoms with van der Waals surface area (Å²) in [4.78, 5) is 20.2. The van der Waals surface area contributed by atoms with Crippen molar-refractivity contribution in [3.8, 4) is 33.2 Å². The normalized spacial score (nSPS) is 10.9. The number of aromatic nitrogens is 1. The van der Waals surface area contributed by atoms with Crippen LogP contribution in [0.15, 0.2) is 70.5 Å². The number of nitrogens with one attached hydrogen (secondary N) is 1. The molecular formula is C26H20BrN3O3S2. The summed E-state index contributed by atoms with van der Waals surface area (Å²) in [6, 6.07) is 19.1. The number of halogens is 1. The van der Waals surface area contributed by atoms with E-state index in [1.54, 1.807) is 25.6 Å². The van der Waals surface area contributed by atoms with Gasteiger partial charge in [-0.1, -0.05) is 28.1 Å². The fraction of sp³-hybridized carbons (Fsp3) is 0.0769. The Balaban J connectivity index is 1.67. The quantitative estimate of drug-likeness (QED) is 0.225. The van der Waals surface area contributed by atoms with Gasteiger partial charge in [-0.3, -0.25) is 4.79 Å². The summed E-state index contributed by atoms with van der Waals surface area (Å²) < 4.78 is 11.9. The molecule has 176 valence electrons. The first-order valence-electron chi connectivity index (χ1n) is 10.5. The first-order chi connectivity index (χ1) is 17.0. The van der Waals surface area contributed by atoms with Crippen LogP contribution >= 0.6 is 38.6 Å². The number of rotatable bonds is 6. The zero-order chi connectivity index (χ0) is 24.5. The van der Waals surface area contributed by atoms with Crippen LogP contribution in [-0.4, -0.2) is 25.1 Å². The molecule has 0 aliphatic rings. The number of benzene rings is 2. The molecule has 3 N–H and O–H groups in total. The molecule has 0 saturated carbocycles. The van der Waals surface area contributed by atoms with Crippen LogP contribution in [0, 0.1) is 0 Å². The Morgan fingerprint density at radius 3 is 2.49 bits per heavy atom. The van der Waals surface area contributed by atoms with Crippen molar-refractivity contribution in [1.82, 2.24) is 4.98 Å². The number of amides is 1. The summed E-state index contributed by atoms with van der Waals surface area (Å²) >= 11 is 6.30. The van der Waals surface area contributed by atoms with E-state index in [0.29, 0.717) is 32.6 Å². The monoisotopic (exact) mass is 565 g/mol. The highest BCUT2D eigenvalue weighted by Crippen LogP contribution is 2.43. The highest BCUT2D eigenvalue weighted by atomic mass is 79.9. The minimum Gasteiger partial charge on any atom is -0.493 e. The van der Waals surface area contributed by atoms with Crippen molar-refractivity contribution in [3.05, 3.63) is 75.4 Å². The van der Waals surface area contributed by atoms with Gasteiger partial charge in [0.2, 0.25) is 0 Å². The second kappa shape index (κ2) is 9.69. The van der Waals surface area contributed by atoms with Gasteiger partial charge in [0.15, 0.2) is 11.5 Å². The predicted octanol–water partition coefficient (Wildman–Crippen LogP) is 7.31. The van der Waals surface area contributed by atoms with Crippen molar-refractivity contribution in [3.63, 3.8) is 0 Å². The molecule has 0 aliphatic heterocycles. The number of pyridine rings is 1. The molecule has 5 aromatic rings. The number of carbonyl (C=O) groups is 1. The van der Waals surface area contributed by atoms with E-state index in [4.69, 9.17) is 20.2 Å². The molecule has 3 heterocycles. The van der Waals surface area contributed by atoms with Crippen LogP contribution in [0.1, 0.15) is 9.67 Å². The van der Waals surface area contributed by atoms with Gasteiger partial charge < -0.3 is 20.5 Å². The summed E-state index contributed by atoms with van der Waals surface area (Å²) in [5, 5.41) is 5.68. The molecule has 5 rings (SSSR count). The highest BCUT2D eigenvalue weighted by molar-refractivity contribution is 9.10. The molecule has 0 spiro atoms. The van der Waals surface area contributed by atoms with E-state index in [1.165, 1.54) is 11.3 Å². The van der Waals surface area contributed by atoms with Gasteiger partial charge in [-0.05, 0) is 65.0 Å². The topological polar surface area (TPSA) is 86.5 Å². The average molecular weight is 567 g/mol. The molecule has 3 aromatic heterocycles. The van der Waals surface area contributed by atoms with Gasteiger partial charge in [0, 0.05) is 15.5 Å². The summed E-state index contributed by atoms with van der Waals surface area (Å²) in [6.07, 6.45) is 0. The lowest BCUT2D eigenvalue weighted by atomic mass is 10.0. The van der Waals surface area contributed by atoms with E-state index in [0.717, 1.165) is 31.6 Å². The Bertz CT molecular complexity index is 1530. The minimum absolute atomic E-state index is 0.274. The molecule has 0 radical (unpaired) electrons. The van der Waals surface area contributed by atoms with Crippen molar-refractivity contribution in [2.75, 3.05) is 25.3 Å². The summed E-state index contributed by atoms with van der Waals surface area (Å²) in [5.41, 5.74) is 10.3. The molecule has 0 fully saturated rings. The maximum atomic E-state index is 13.2. The summed E-state index contributed by atoms with van der Waals surface area (Å²) in [6.45, 7) is 0. The first-order valence-corrected chi connectivity index (χ1v) is 13.0. The van der Waals surface area contributed by atoms with E-state index in [9.17, 15) is 4.79 Å². The number of hydrogen-bond acceptors (Lipinski definition) is 7. The molecule has 9 heteroatoms. The molecule has 6 nitrogen and oxygen atoms in total. The largest absolute Gasteiger partial charge is 0.493 e. The maximum absolute atomic E-state index is 13.2. The number of nitrogen functional groups attached to an aromatic ring is 1. The van der Waals surface area contributed by atoms with E-state index >= 15 is 0 Å². The third-order valence-corrected chi connectivity index (χ3v) is 7.99. The molecule has 0 unspecified atom stereocenters. The number of anilines is 2. The number of fused-ring (bicyclic) bond motifs is 1. The molecule has 0 bridgehead atoms. The van der Waals surface area contributed by atoms with E-state index < -0.39 is 0 Å². The molecular weight excluding hydrogens is 546 g/mol. The van der Waals surface area contributed by atoms with E-state index in [1.807, 2.05) is 66.0 Å². The Morgan fingerprint density at radius 1 is 1.03 bits per heavy atom. The lowest BCUT2D eigenvalue weighted by Crippen LogP contribution is -2.11. The van der Waals surface area contributed by atoms with Crippen molar-refractivity contribution in [2.45, 2.75) is 0 Å². The molecule has 35 heavy (non-hydrogen) atoms. The molecule has 0 saturated heterocycles. The SMILES string of the molecule is COc1ccc(-c2cc(-c3cccs3)nc3sc(C(=O)Nc4ccc(Br)cc4)c(N)c23)cc1OC. The number of ether oxygens (including phenoxy) is 2. The number of nitrogens with two attached hydrogens (primary N) is 1. The fourth-order valence-electron chi connectivity index (χ4n) is 3.79. The van der Waals surface area contributed by atoms with Gasteiger partial charge in [-0.25, -0.2) is 4.98 Å². The maximum Gasteiger partial charge on any atom is 0.267 e. The number of nitrogens with zero attached hydrogens (tertiary/aromatic N) is 1. The van der Waals surface area contributed by atoms with E-state index in [2.05, 4.69) is 21.2 Å². The molecule has 1 amide bonds. The van der Waals surface area contributed by atoms with Crippen LogP contribution < -0.4 is 20.5 Å². The molecule has 2 aromatic carbocycles. The van der Waals surface area contributed by atoms with Crippen molar-refractivity contribution >= 4 is 66.1 Å². The van der Waals surface area contributed by atoms with Gasteiger partial charge in [0.25, 0.3) is 5.91 Å². The third kappa shape index (κ3) is 4.50. The predicted molar refractivity (Wildman–Crippen MR) is 148 cm³/mol. The summed E-state index contributed by atoms with van der Waals surface area (Å²) in [5.74, 6) is 0.964. The zero-order valence-electron chi connectivity index (χ0n) is 18.8. The molecule has 0 atom stereocenters. The van der Waals surface area contributed by atoms with Crippen LogP contribution in [-0.2, 0) is 0 Å². The van der Waals surface area contributed by atoms with Crippen LogP contribution in [0.25, 0.3) is 31.9 Å². The van der Waals surface area contributed by atoms with Gasteiger partial charge in [-0.15, -0.1) is 22.7 Å². The Kier molecular flexibility index (Phi) is 6.46. The standard InChI is InChI=1S/C26H20BrN3O3S2/c1-32-19-10-5-14(12-20(19)33-2)17-13-18(21-4-3-11-34-21)30-26-22(17)23(28)24(35-26)25(31)29-16-8-6-15(27)7-9-16/h3-13H,28H2,1-2H3,(H,29,31). The average Bonchev–Trinajstić information content (AvgIpc) is 3.53. The summed E-state index contributed by atoms with van der Waals surface area (Å²) in [7, 11) is 3.20. The van der Waals surface area contributed by atoms with Gasteiger partial charge in [0.1, 0.15) is 9.71 Å². The lowest BCUT2D eigenvalue weighted by Gasteiger charge is -2.12. The zero-order valence-corrected chi connectivity index (χ0v) is 22.0. The smallest absolute Gasteiger partial charge is 0.267 e. The Morgan fingerprint density at radius 2 is 1.80 bits per heavy atom. The highest BCUT2D eigenvalue weighted by Gasteiger charge is 2.22. The van der Waals surface area contributed by atoms with Gasteiger partial charge >= 0.3 is 0 Å². The van der Waals surface area contributed by atoms with Crippen LogP contribution in [0.2, 0.25) is 0 Å². The van der Waals surface area contributed by atoms with Gasteiger partial charge in [-0.2, -0.15) is 0 Å². The van der Waals surface area contributed by atoms with Crippen molar-refractivity contribution in [1.29, 1.82) is 0 Å². The lowest BCUT2D eigenvalue weighted by molar-refractivity contribution is 0.103. The minimum atomic E-state index is -0.274. The number of methoxy groups -OCH3 is 2. The number of thiophene rings is 2. The number of carbonyl (C=O) groups excluding carboxylic acids is 1. The Labute approximate surface area is 218 Å². The third-order valence-electron chi connectivity index (χ3n) is 5.48. The second-order valence-electron chi connectivity index (χ2n) is 7.59. The van der Waals surface area contributed by atoms with Crippen LogP contribution in [0.5, 0.6) is 11.5 Å². The second-order valence-corrected chi connectivity index (χ2v) is 10.5. The van der Waals surface area contributed by atoms with E-state index in [-0.39, 0.29) is 5.91 Å². The van der Waals surface area contributed by atoms with Crippen LogP contribution in [0.3, 0.4) is 0 Å². The van der Waals surface area contributed by atoms with Gasteiger partial charge in [0.05, 0.1) is 30.5 Å². The molecule has 0 aliphatic carbocycles. The fourth-order valence-corrected chi connectivity index (χ4v) is 5.76. The number of hydrogen-bond donors (Lipinski definition) is 2. The first kappa shape index (κ1) is 23.3. The Hall–Kier alpha value is -3.40.